The Bertz CT molecular complexity index is 200. The predicted octanol–water partition coefficient (Wildman–Crippen LogP) is 1.21. The van der Waals surface area contributed by atoms with E-state index in [1.807, 2.05) is 0 Å². The standard InChI is InChI=1S/C10H19N3/c1-2-4-9-5-8-13-7-3-6-11-10(13)12-9/h9H,2-8H2,1H3,(H,11,12). The summed E-state index contributed by atoms with van der Waals surface area (Å²) in [5.41, 5.74) is 0. The molecule has 0 bridgehead atoms. The zero-order valence-corrected chi connectivity index (χ0v) is 8.42. The molecule has 0 radical (unpaired) electrons. The summed E-state index contributed by atoms with van der Waals surface area (Å²) in [6.45, 7) is 5.75. The SMILES string of the molecule is CCCC1CCN2CCCNC2=N1. The lowest BCUT2D eigenvalue weighted by atomic mass is 10.1. The highest BCUT2D eigenvalue weighted by atomic mass is 15.3. The van der Waals surface area contributed by atoms with Crippen molar-refractivity contribution in [3.05, 3.63) is 0 Å². The van der Waals surface area contributed by atoms with Gasteiger partial charge in [0.25, 0.3) is 0 Å². The van der Waals surface area contributed by atoms with Gasteiger partial charge in [0.15, 0.2) is 5.96 Å². The van der Waals surface area contributed by atoms with Crippen molar-refractivity contribution >= 4 is 5.96 Å². The van der Waals surface area contributed by atoms with Crippen LogP contribution in [0.15, 0.2) is 4.99 Å². The van der Waals surface area contributed by atoms with Crippen LogP contribution in [0.3, 0.4) is 0 Å². The molecule has 13 heavy (non-hydrogen) atoms. The van der Waals surface area contributed by atoms with Crippen LogP contribution < -0.4 is 5.32 Å². The summed E-state index contributed by atoms with van der Waals surface area (Å²) in [5.74, 6) is 1.16. The van der Waals surface area contributed by atoms with Gasteiger partial charge in [-0.05, 0) is 19.3 Å². The molecule has 1 atom stereocenters. The zero-order chi connectivity index (χ0) is 9.10. The van der Waals surface area contributed by atoms with Crippen LogP contribution in [0, 0.1) is 0 Å². The topological polar surface area (TPSA) is 27.6 Å². The monoisotopic (exact) mass is 181 g/mol. The smallest absolute Gasteiger partial charge is 0.194 e. The molecule has 1 fully saturated rings. The predicted molar refractivity (Wildman–Crippen MR) is 54.9 cm³/mol. The van der Waals surface area contributed by atoms with Crippen molar-refractivity contribution in [3.63, 3.8) is 0 Å². The minimum absolute atomic E-state index is 0.585. The van der Waals surface area contributed by atoms with E-state index in [2.05, 4.69) is 17.1 Å². The third kappa shape index (κ3) is 1.95. The zero-order valence-electron chi connectivity index (χ0n) is 8.42. The van der Waals surface area contributed by atoms with Gasteiger partial charge in [0, 0.05) is 19.6 Å². The molecule has 0 saturated carbocycles. The summed E-state index contributed by atoms with van der Waals surface area (Å²) in [6, 6.07) is 0.585. The van der Waals surface area contributed by atoms with E-state index in [9.17, 15) is 0 Å². The van der Waals surface area contributed by atoms with Crippen LogP contribution in [-0.4, -0.2) is 36.5 Å². The van der Waals surface area contributed by atoms with Crippen molar-refractivity contribution in [1.82, 2.24) is 10.2 Å². The fourth-order valence-corrected chi connectivity index (χ4v) is 2.12. The first kappa shape index (κ1) is 8.85. The van der Waals surface area contributed by atoms with E-state index in [-0.39, 0.29) is 0 Å². The van der Waals surface area contributed by atoms with Gasteiger partial charge in [-0.1, -0.05) is 13.3 Å². The van der Waals surface area contributed by atoms with E-state index >= 15 is 0 Å². The number of hydrogen-bond donors (Lipinski definition) is 1. The fourth-order valence-electron chi connectivity index (χ4n) is 2.12. The molecule has 3 nitrogen and oxygen atoms in total. The van der Waals surface area contributed by atoms with Gasteiger partial charge >= 0.3 is 0 Å². The summed E-state index contributed by atoms with van der Waals surface area (Å²) in [6.07, 6.45) is 5.01. The molecular formula is C10H19N3. The number of fused-ring (bicyclic) bond motifs is 1. The second-order valence-corrected chi connectivity index (χ2v) is 3.95. The number of aliphatic imine (C=N–C) groups is 1. The van der Waals surface area contributed by atoms with E-state index in [1.54, 1.807) is 0 Å². The number of nitrogens with zero attached hydrogens (tertiary/aromatic N) is 2. The lowest BCUT2D eigenvalue weighted by Crippen LogP contribution is -2.51. The second-order valence-electron chi connectivity index (χ2n) is 3.95. The number of hydrogen-bond acceptors (Lipinski definition) is 3. The first-order chi connectivity index (χ1) is 6.40. The van der Waals surface area contributed by atoms with Gasteiger partial charge in [-0.25, -0.2) is 4.99 Å². The molecular weight excluding hydrogens is 162 g/mol. The normalized spacial score (nSPS) is 27.6. The van der Waals surface area contributed by atoms with Crippen molar-refractivity contribution in [2.75, 3.05) is 19.6 Å². The molecule has 0 spiro atoms. The summed E-state index contributed by atoms with van der Waals surface area (Å²) in [5, 5.41) is 3.39. The van der Waals surface area contributed by atoms with Gasteiger partial charge < -0.3 is 10.2 Å². The molecule has 1 N–H and O–H groups in total. The molecule has 0 aromatic carbocycles. The second kappa shape index (κ2) is 3.99. The Kier molecular flexibility index (Phi) is 2.71. The molecule has 0 aromatic rings. The van der Waals surface area contributed by atoms with Crippen LogP contribution in [0.4, 0.5) is 0 Å². The lowest BCUT2D eigenvalue weighted by Gasteiger charge is -2.36. The van der Waals surface area contributed by atoms with Crippen molar-refractivity contribution in [2.45, 2.75) is 38.6 Å². The summed E-state index contributed by atoms with van der Waals surface area (Å²) < 4.78 is 0. The fraction of sp³-hybridized carbons (Fsp3) is 0.900. The Hall–Kier alpha value is -0.730. The van der Waals surface area contributed by atoms with Crippen LogP contribution in [0.2, 0.25) is 0 Å². The minimum atomic E-state index is 0.585. The summed E-state index contributed by atoms with van der Waals surface area (Å²) in [4.78, 5) is 7.11. The Morgan fingerprint density at radius 1 is 1.54 bits per heavy atom. The van der Waals surface area contributed by atoms with Crippen molar-refractivity contribution in [2.24, 2.45) is 4.99 Å². The minimum Gasteiger partial charge on any atom is -0.356 e. The van der Waals surface area contributed by atoms with E-state index in [0.717, 1.165) is 12.5 Å². The molecule has 74 valence electrons. The van der Waals surface area contributed by atoms with Gasteiger partial charge in [-0.15, -0.1) is 0 Å². The molecule has 2 aliphatic rings. The highest BCUT2D eigenvalue weighted by molar-refractivity contribution is 5.81. The average Bonchev–Trinajstić information content (AvgIpc) is 2.18. The molecule has 0 aromatic heterocycles. The molecule has 0 aliphatic carbocycles. The third-order valence-electron chi connectivity index (χ3n) is 2.85. The van der Waals surface area contributed by atoms with Gasteiger partial charge in [0.1, 0.15) is 0 Å². The average molecular weight is 181 g/mol. The van der Waals surface area contributed by atoms with Crippen molar-refractivity contribution < 1.29 is 0 Å². The van der Waals surface area contributed by atoms with E-state index in [1.165, 1.54) is 38.8 Å². The Morgan fingerprint density at radius 3 is 3.31 bits per heavy atom. The molecule has 2 rings (SSSR count). The maximum absolute atomic E-state index is 4.72. The third-order valence-corrected chi connectivity index (χ3v) is 2.85. The molecule has 0 amide bonds. The van der Waals surface area contributed by atoms with Gasteiger partial charge in [0.05, 0.1) is 6.04 Å². The highest BCUT2D eigenvalue weighted by Crippen LogP contribution is 2.15. The van der Waals surface area contributed by atoms with E-state index in [0.29, 0.717) is 6.04 Å². The maximum Gasteiger partial charge on any atom is 0.194 e. The molecule has 1 saturated heterocycles. The van der Waals surface area contributed by atoms with Crippen LogP contribution >= 0.6 is 0 Å². The number of rotatable bonds is 2. The Labute approximate surface area is 80.2 Å². The number of nitrogens with one attached hydrogen (secondary N) is 1. The van der Waals surface area contributed by atoms with Gasteiger partial charge in [-0.2, -0.15) is 0 Å². The summed E-state index contributed by atoms with van der Waals surface area (Å²) >= 11 is 0. The van der Waals surface area contributed by atoms with Crippen LogP contribution in [-0.2, 0) is 0 Å². The lowest BCUT2D eigenvalue weighted by molar-refractivity contribution is 0.317. The quantitative estimate of drug-likeness (QED) is 0.693. The number of guanidine groups is 1. The largest absolute Gasteiger partial charge is 0.356 e. The van der Waals surface area contributed by atoms with Crippen molar-refractivity contribution in [3.8, 4) is 0 Å². The van der Waals surface area contributed by atoms with Gasteiger partial charge in [0.2, 0.25) is 0 Å². The molecule has 2 heterocycles. The van der Waals surface area contributed by atoms with Gasteiger partial charge in [-0.3, -0.25) is 0 Å². The highest BCUT2D eigenvalue weighted by Gasteiger charge is 2.22. The van der Waals surface area contributed by atoms with E-state index in [4.69, 9.17) is 4.99 Å². The molecule has 1 unspecified atom stereocenters. The maximum atomic E-state index is 4.72. The van der Waals surface area contributed by atoms with Crippen LogP contribution in [0.25, 0.3) is 0 Å². The first-order valence-corrected chi connectivity index (χ1v) is 5.47. The first-order valence-electron chi connectivity index (χ1n) is 5.47. The Balaban J connectivity index is 1.99. The summed E-state index contributed by atoms with van der Waals surface area (Å²) in [7, 11) is 0. The van der Waals surface area contributed by atoms with E-state index < -0.39 is 0 Å². The van der Waals surface area contributed by atoms with Crippen molar-refractivity contribution in [1.29, 1.82) is 0 Å². The Morgan fingerprint density at radius 2 is 2.46 bits per heavy atom. The molecule has 3 heteroatoms. The van der Waals surface area contributed by atoms with Crippen LogP contribution in [0.1, 0.15) is 32.6 Å². The van der Waals surface area contributed by atoms with Crippen LogP contribution in [0.5, 0.6) is 0 Å². The molecule has 2 aliphatic heterocycles.